The van der Waals surface area contributed by atoms with Gasteiger partial charge in [-0.15, -0.1) is 0 Å². The lowest BCUT2D eigenvalue weighted by atomic mass is 10.0. The average Bonchev–Trinajstić information content (AvgIpc) is 2.91. The van der Waals surface area contributed by atoms with Crippen molar-refractivity contribution in [1.82, 2.24) is 4.90 Å². The molecule has 2 saturated heterocycles. The van der Waals surface area contributed by atoms with Crippen molar-refractivity contribution in [3.8, 4) is 0 Å². The van der Waals surface area contributed by atoms with Crippen LogP contribution in [0.2, 0.25) is 5.02 Å². The summed E-state index contributed by atoms with van der Waals surface area (Å²) in [4.78, 5) is 15.2. The van der Waals surface area contributed by atoms with Gasteiger partial charge in [-0.2, -0.15) is 0 Å². The van der Waals surface area contributed by atoms with Gasteiger partial charge in [0, 0.05) is 22.7 Å². The molecule has 136 valence electrons. The summed E-state index contributed by atoms with van der Waals surface area (Å²) in [6.07, 6.45) is 2.75. The lowest BCUT2D eigenvalue weighted by Crippen LogP contribution is -2.49. The van der Waals surface area contributed by atoms with Gasteiger partial charge in [-0.1, -0.05) is 29.8 Å². The van der Waals surface area contributed by atoms with E-state index in [1.54, 1.807) is 48.5 Å². The number of piperidine rings is 1. The molecule has 2 aliphatic heterocycles. The van der Waals surface area contributed by atoms with Crippen LogP contribution in [0.3, 0.4) is 0 Å². The summed E-state index contributed by atoms with van der Waals surface area (Å²) >= 11 is 5.91. The lowest BCUT2D eigenvalue weighted by Gasteiger charge is -2.38. The molecule has 6 heteroatoms. The molecule has 1 amide bonds. The normalized spacial score (nSPS) is 25.3. The minimum Gasteiger partial charge on any atom is -0.333 e. The van der Waals surface area contributed by atoms with E-state index < -0.39 is 15.1 Å². The first-order valence-electron chi connectivity index (χ1n) is 8.84. The van der Waals surface area contributed by atoms with Gasteiger partial charge in [-0.25, -0.2) is 8.42 Å². The fourth-order valence-corrected chi connectivity index (χ4v) is 6.25. The third-order valence-electron chi connectivity index (χ3n) is 5.53. The highest BCUT2D eigenvalue weighted by Gasteiger charge is 2.47. The molecule has 0 saturated carbocycles. The Kier molecular flexibility index (Phi) is 4.53. The van der Waals surface area contributed by atoms with Gasteiger partial charge in [0.1, 0.15) is 0 Å². The Morgan fingerprint density at radius 1 is 0.923 bits per heavy atom. The molecule has 2 bridgehead atoms. The summed E-state index contributed by atoms with van der Waals surface area (Å²) in [5.74, 6) is -0.0234. The predicted molar refractivity (Wildman–Crippen MR) is 101 cm³/mol. The highest BCUT2D eigenvalue weighted by atomic mass is 35.5. The van der Waals surface area contributed by atoms with Crippen molar-refractivity contribution in [2.24, 2.45) is 0 Å². The SMILES string of the molecule is O=C(c1ccc(Cl)cc1)N1C2CCC1CC(S(=O)(=O)c1ccccc1)C2. The second-order valence-corrected chi connectivity index (χ2v) is 9.72. The molecular weight excluding hydrogens is 370 g/mol. The molecule has 2 aromatic rings. The summed E-state index contributed by atoms with van der Waals surface area (Å²) in [6.45, 7) is 0. The van der Waals surface area contributed by atoms with Crippen LogP contribution < -0.4 is 0 Å². The van der Waals surface area contributed by atoms with Crippen LogP contribution in [0.1, 0.15) is 36.0 Å². The monoisotopic (exact) mass is 389 g/mol. The molecule has 2 fully saturated rings. The molecule has 0 radical (unpaired) electrons. The summed E-state index contributed by atoms with van der Waals surface area (Å²) < 4.78 is 25.9. The van der Waals surface area contributed by atoms with Crippen LogP contribution in [0.15, 0.2) is 59.5 Å². The number of carbonyl (C=O) groups is 1. The van der Waals surface area contributed by atoms with E-state index in [-0.39, 0.29) is 18.0 Å². The van der Waals surface area contributed by atoms with E-state index in [0.717, 1.165) is 12.8 Å². The highest BCUT2D eigenvalue weighted by Crippen LogP contribution is 2.40. The maximum Gasteiger partial charge on any atom is 0.254 e. The first kappa shape index (κ1) is 17.6. The summed E-state index contributed by atoms with van der Waals surface area (Å²) in [6, 6.07) is 15.5. The number of benzene rings is 2. The number of amides is 1. The van der Waals surface area contributed by atoms with Crippen molar-refractivity contribution in [3.05, 3.63) is 65.2 Å². The van der Waals surface area contributed by atoms with E-state index in [4.69, 9.17) is 11.6 Å². The Balaban J connectivity index is 1.56. The van der Waals surface area contributed by atoms with Gasteiger partial charge in [0.15, 0.2) is 9.84 Å². The van der Waals surface area contributed by atoms with E-state index in [2.05, 4.69) is 0 Å². The fraction of sp³-hybridized carbons (Fsp3) is 0.350. The van der Waals surface area contributed by atoms with Gasteiger partial charge in [-0.3, -0.25) is 4.79 Å². The maximum absolute atomic E-state index is 13.0. The summed E-state index contributed by atoms with van der Waals surface area (Å²) in [5, 5.41) is 0.175. The van der Waals surface area contributed by atoms with Crippen molar-refractivity contribution >= 4 is 27.3 Å². The van der Waals surface area contributed by atoms with Crippen LogP contribution in [0.5, 0.6) is 0 Å². The van der Waals surface area contributed by atoms with Crippen LogP contribution in [0.4, 0.5) is 0 Å². The molecule has 0 aliphatic carbocycles. The number of carbonyl (C=O) groups excluding carboxylic acids is 1. The minimum absolute atomic E-state index is 0.0135. The van der Waals surface area contributed by atoms with Crippen LogP contribution in [0, 0.1) is 0 Å². The maximum atomic E-state index is 13.0. The van der Waals surface area contributed by atoms with Crippen LogP contribution >= 0.6 is 11.6 Å². The van der Waals surface area contributed by atoms with Crippen LogP contribution in [-0.2, 0) is 9.84 Å². The average molecular weight is 390 g/mol. The van der Waals surface area contributed by atoms with E-state index in [9.17, 15) is 13.2 Å². The molecule has 2 aliphatic rings. The minimum atomic E-state index is -3.36. The Hall–Kier alpha value is -1.85. The first-order valence-corrected chi connectivity index (χ1v) is 10.8. The van der Waals surface area contributed by atoms with E-state index >= 15 is 0 Å². The van der Waals surface area contributed by atoms with Crippen molar-refractivity contribution in [3.63, 3.8) is 0 Å². The van der Waals surface area contributed by atoms with E-state index in [1.807, 2.05) is 11.0 Å². The smallest absolute Gasteiger partial charge is 0.254 e. The lowest BCUT2D eigenvalue weighted by molar-refractivity contribution is 0.0598. The molecular formula is C20H20ClNO3S. The summed E-state index contributed by atoms with van der Waals surface area (Å²) in [5.41, 5.74) is 0.607. The number of nitrogens with zero attached hydrogens (tertiary/aromatic N) is 1. The molecule has 2 unspecified atom stereocenters. The second-order valence-electron chi connectivity index (χ2n) is 7.06. The number of fused-ring (bicyclic) bond motifs is 2. The van der Waals surface area contributed by atoms with Gasteiger partial charge in [0.05, 0.1) is 10.1 Å². The topological polar surface area (TPSA) is 54.5 Å². The number of sulfone groups is 1. The van der Waals surface area contributed by atoms with Crippen molar-refractivity contribution in [1.29, 1.82) is 0 Å². The predicted octanol–water partition coefficient (Wildman–Crippen LogP) is 3.95. The van der Waals surface area contributed by atoms with Gasteiger partial charge in [-0.05, 0) is 62.1 Å². The number of rotatable bonds is 3. The highest BCUT2D eigenvalue weighted by molar-refractivity contribution is 7.92. The molecule has 4 rings (SSSR count). The number of hydrogen-bond acceptors (Lipinski definition) is 3. The first-order chi connectivity index (χ1) is 12.5. The molecule has 2 aromatic carbocycles. The van der Waals surface area contributed by atoms with Crippen molar-refractivity contribution in [2.45, 2.75) is 47.9 Å². The molecule has 2 atom stereocenters. The largest absolute Gasteiger partial charge is 0.333 e. The summed E-state index contributed by atoms with van der Waals surface area (Å²) in [7, 11) is -3.36. The number of halogens is 1. The molecule has 0 N–H and O–H groups in total. The molecule has 0 aromatic heterocycles. The van der Waals surface area contributed by atoms with Crippen molar-refractivity contribution in [2.75, 3.05) is 0 Å². The molecule has 0 spiro atoms. The number of hydrogen-bond donors (Lipinski definition) is 0. The molecule has 26 heavy (non-hydrogen) atoms. The van der Waals surface area contributed by atoms with Gasteiger partial charge < -0.3 is 4.90 Å². The van der Waals surface area contributed by atoms with Crippen LogP contribution in [0.25, 0.3) is 0 Å². The third-order valence-corrected chi connectivity index (χ3v) is 7.97. The molecule has 2 heterocycles. The van der Waals surface area contributed by atoms with E-state index in [1.165, 1.54) is 0 Å². The Bertz CT molecular complexity index is 898. The van der Waals surface area contributed by atoms with Gasteiger partial charge in [0.25, 0.3) is 5.91 Å². The second kappa shape index (κ2) is 6.71. The zero-order valence-corrected chi connectivity index (χ0v) is 15.8. The zero-order chi connectivity index (χ0) is 18.3. The van der Waals surface area contributed by atoms with Gasteiger partial charge >= 0.3 is 0 Å². The van der Waals surface area contributed by atoms with Gasteiger partial charge in [0.2, 0.25) is 0 Å². The fourth-order valence-electron chi connectivity index (χ4n) is 4.26. The van der Waals surface area contributed by atoms with Crippen molar-refractivity contribution < 1.29 is 13.2 Å². The zero-order valence-electron chi connectivity index (χ0n) is 14.2. The Labute approximate surface area is 158 Å². The van der Waals surface area contributed by atoms with Crippen LogP contribution in [-0.4, -0.2) is 36.6 Å². The Morgan fingerprint density at radius 2 is 1.50 bits per heavy atom. The standard InChI is InChI=1S/C20H20ClNO3S/c21-15-8-6-14(7-9-15)20(23)22-16-10-11-17(22)13-19(12-16)26(24,25)18-4-2-1-3-5-18/h1-9,16-17,19H,10-13H2. The Morgan fingerprint density at radius 3 is 2.08 bits per heavy atom. The quantitative estimate of drug-likeness (QED) is 0.798. The third kappa shape index (κ3) is 3.03. The van der Waals surface area contributed by atoms with E-state index in [0.29, 0.717) is 28.3 Å². The molecule has 4 nitrogen and oxygen atoms in total.